The highest BCUT2D eigenvalue weighted by atomic mass is 19.1. The Morgan fingerprint density at radius 3 is 2.59 bits per heavy atom. The van der Waals surface area contributed by atoms with E-state index in [0.717, 1.165) is 0 Å². The van der Waals surface area contributed by atoms with Crippen molar-refractivity contribution >= 4 is 11.6 Å². The molecule has 0 aliphatic rings. The van der Waals surface area contributed by atoms with Crippen LogP contribution in [0.4, 0.5) is 13.2 Å². The Balaban J connectivity index is 1.70. The molecule has 1 amide bonds. The van der Waals surface area contributed by atoms with E-state index in [4.69, 9.17) is 4.74 Å². The van der Waals surface area contributed by atoms with E-state index in [-0.39, 0.29) is 35.7 Å². The van der Waals surface area contributed by atoms with Crippen LogP contribution in [0.15, 0.2) is 65.9 Å². The molecule has 0 radical (unpaired) electrons. The van der Waals surface area contributed by atoms with E-state index in [9.17, 15) is 18.0 Å². The third-order valence-corrected chi connectivity index (χ3v) is 4.92. The van der Waals surface area contributed by atoms with Gasteiger partial charge in [0.25, 0.3) is 5.91 Å². The molecule has 0 saturated heterocycles. The molecular weight excluding hydrogens is 449 g/mol. The number of carbonyl (C=O) groups is 1. The lowest BCUT2D eigenvalue weighted by Crippen LogP contribution is -2.28. The zero-order chi connectivity index (χ0) is 24.1. The fraction of sp³-hybridized carbons (Fsp3) is 0.174. The van der Waals surface area contributed by atoms with E-state index < -0.39 is 23.7 Å². The SMILES string of the molecule is COCC(F)C(Cn1nccn1)=NC(=O)c1cccc(F)c1-c1cc(-c2ccc(F)cc2)n[nH]1. The number of rotatable bonds is 8. The third-order valence-electron chi connectivity index (χ3n) is 4.92. The molecule has 4 rings (SSSR count). The van der Waals surface area contributed by atoms with Gasteiger partial charge in [-0.25, -0.2) is 18.2 Å². The molecule has 0 aliphatic carbocycles. The second-order valence-corrected chi connectivity index (χ2v) is 7.23. The van der Waals surface area contributed by atoms with Crippen LogP contribution in [-0.4, -0.2) is 56.7 Å². The molecule has 11 heteroatoms. The summed E-state index contributed by atoms with van der Waals surface area (Å²) in [6.45, 7) is -0.516. The van der Waals surface area contributed by atoms with Gasteiger partial charge in [-0.3, -0.25) is 9.89 Å². The quantitative estimate of drug-likeness (QED) is 0.396. The first-order valence-corrected chi connectivity index (χ1v) is 10.2. The van der Waals surface area contributed by atoms with E-state index >= 15 is 0 Å². The van der Waals surface area contributed by atoms with Crippen LogP contribution in [0.1, 0.15) is 10.4 Å². The van der Waals surface area contributed by atoms with Gasteiger partial charge in [-0.15, -0.1) is 0 Å². The second-order valence-electron chi connectivity index (χ2n) is 7.23. The van der Waals surface area contributed by atoms with Gasteiger partial charge < -0.3 is 4.74 Å². The molecule has 4 aromatic rings. The van der Waals surface area contributed by atoms with Crippen LogP contribution >= 0.6 is 0 Å². The average molecular weight is 468 g/mol. The maximum absolute atomic E-state index is 14.9. The van der Waals surface area contributed by atoms with Gasteiger partial charge in [0.05, 0.1) is 41.7 Å². The summed E-state index contributed by atoms with van der Waals surface area (Å²) < 4.78 is 47.6. The van der Waals surface area contributed by atoms with Crippen LogP contribution in [0.25, 0.3) is 22.5 Å². The van der Waals surface area contributed by atoms with Crippen LogP contribution in [-0.2, 0) is 11.3 Å². The molecule has 0 fully saturated rings. The summed E-state index contributed by atoms with van der Waals surface area (Å²) in [4.78, 5) is 18.2. The largest absolute Gasteiger partial charge is 0.381 e. The molecule has 2 aromatic heterocycles. The lowest BCUT2D eigenvalue weighted by Gasteiger charge is -2.11. The Labute approximate surface area is 192 Å². The molecule has 2 aromatic carbocycles. The predicted octanol–water partition coefficient (Wildman–Crippen LogP) is 3.88. The maximum atomic E-state index is 14.9. The average Bonchev–Trinajstić information content (AvgIpc) is 3.51. The van der Waals surface area contributed by atoms with E-state index in [1.54, 1.807) is 0 Å². The zero-order valence-electron chi connectivity index (χ0n) is 18.0. The Bertz CT molecular complexity index is 1300. The van der Waals surface area contributed by atoms with Crippen molar-refractivity contribution in [1.82, 2.24) is 25.2 Å². The van der Waals surface area contributed by atoms with Crippen LogP contribution in [0.2, 0.25) is 0 Å². The van der Waals surface area contributed by atoms with Gasteiger partial charge in [0.15, 0.2) is 6.17 Å². The van der Waals surface area contributed by atoms with Crippen molar-refractivity contribution in [3.8, 4) is 22.5 Å². The van der Waals surface area contributed by atoms with Gasteiger partial charge >= 0.3 is 0 Å². The van der Waals surface area contributed by atoms with Crippen LogP contribution in [0.3, 0.4) is 0 Å². The number of ether oxygens (including phenoxy) is 1. The summed E-state index contributed by atoms with van der Waals surface area (Å²) in [5.41, 5.74) is 0.894. The zero-order valence-corrected chi connectivity index (χ0v) is 18.0. The minimum atomic E-state index is -1.70. The molecule has 0 saturated carbocycles. The van der Waals surface area contributed by atoms with Gasteiger partial charge in [0, 0.05) is 18.2 Å². The lowest BCUT2D eigenvalue weighted by atomic mass is 10.0. The molecule has 2 heterocycles. The van der Waals surface area contributed by atoms with Crippen molar-refractivity contribution < 1.29 is 22.7 Å². The van der Waals surface area contributed by atoms with E-state index in [2.05, 4.69) is 25.4 Å². The van der Waals surface area contributed by atoms with Crippen molar-refractivity contribution in [2.24, 2.45) is 4.99 Å². The Morgan fingerprint density at radius 1 is 1.15 bits per heavy atom. The Hall–Kier alpha value is -4.12. The summed E-state index contributed by atoms with van der Waals surface area (Å²) in [6, 6.07) is 11.1. The standard InChI is InChI=1S/C23H19F3N6O2/c1-34-13-18(26)21(12-32-27-9-10-28-32)29-23(33)16-3-2-4-17(25)22(16)20-11-19(30-31-20)14-5-7-15(24)8-6-14/h2-11,18H,12-13H2,1H3,(H,30,31). The highest BCUT2D eigenvalue weighted by molar-refractivity contribution is 6.08. The summed E-state index contributed by atoms with van der Waals surface area (Å²) in [5, 5.41) is 14.6. The number of benzene rings is 2. The van der Waals surface area contributed by atoms with Gasteiger partial charge in [-0.2, -0.15) is 20.1 Å². The van der Waals surface area contributed by atoms with E-state index in [1.807, 2.05) is 0 Å². The third kappa shape index (κ3) is 5.09. The summed E-state index contributed by atoms with van der Waals surface area (Å²) in [5.74, 6) is -1.95. The molecule has 0 spiro atoms. The van der Waals surface area contributed by atoms with Crippen molar-refractivity contribution in [2.45, 2.75) is 12.7 Å². The van der Waals surface area contributed by atoms with Crippen molar-refractivity contribution in [2.75, 3.05) is 13.7 Å². The number of alkyl halides is 1. The number of halogens is 3. The number of aliphatic imine (C=N–C) groups is 1. The number of nitrogens with zero attached hydrogens (tertiary/aromatic N) is 5. The topological polar surface area (TPSA) is 98.1 Å². The predicted molar refractivity (Wildman–Crippen MR) is 118 cm³/mol. The number of aromatic nitrogens is 5. The monoisotopic (exact) mass is 468 g/mol. The number of methoxy groups -OCH3 is 1. The highest BCUT2D eigenvalue weighted by Gasteiger charge is 2.22. The Kier molecular flexibility index (Phi) is 6.93. The smallest absolute Gasteiger partial charge is 0.277 e. The number of aromatic amines is 1. The number of amides is 1. The van der Waals surface area contributed by atoms with Gasteiger partial charge in [0.1, 0.15) is 18.2 Å². The molecule has 8 nitrogen and oxygen atoms in total. The van der Waals surface area contributed by atoms with Crippen LogP contribution in [0.5, 0.6) is 0 Å². The lowest BCUT2D eigenvalue weighted by molar-refractivity contribution is 0.0999. The van der Waals surface area contributed by atoms with Gasteiger partial charge in [0.2, 0.25) is 0 Å². The molecule has 1 atom stereocenters. The second kappa shape index (κ2) is 10.2. The minimum absolute atomic E-state index is 0.0733. The fourth-order valence-electron chi connectivity index (χ4n) is 3.30. The number of nitrogens with one attached hydrogen (secondary N) is 1. The van der Waals surface area contributed by atoms with Crippen molar-refractivity contribution in [1.29, 1.82) is 0 Å². The van der Waals surface area contributed by atoms with Gasteiger partial charge in [-0.1, -0.05) is 6.07 Å². The number of carbonyl (C=O) groups excluding carboxylic acids is 1. The normalized spacial score (nSPS) is 12.6. The first kappa shape index (κ1) is 23.1. The van der Waals surface area contributed by atoms with Crippen molar-refractivity contribution in [3.05, 3.63) is 78.1 Å². The summed E-state index contributed by atoms with van der Waals surface area (Å²) >= 11 is 0. The van der Waals surface area contributed by atoms with Crippen LogP contribution in [0, 0.1) is 11.6 Å². The number of H-pyrrole nitrogens is 1. The first-order valence-electron chi connectivity index (χ1n) is 10.2. The molecule has 174 valence electrons. The van der Waals surface area contributed by atoms with Crippen LogP contribution < -0.4 is 0 Å². The first-order chi connectivity index (χ1) is 16.5. The molecule has 34 heavy (non-hydrogen) atoms. The number of hydrogen-bond acceptors (Lipinski definition) is 5. The molecule has 0 bridgehead atoms. The summed E-state index contributed by atoms with van der Waals surface area (Å²) in [6.07, 6.45) is 1.11. The molecule has 0 aliphatic heterocycles. The molecule has 1 N–H and O–H groups in total. The molecule has 1 unspecified atom stereocenters. The Morgan fingerprint density at radius 2 is 1.88 bits per heavy atom. The minimum Gasteiger partial charge on any atom is -0.381 e. The highest BCUT2D eigenvalue weighted by Crippen LogP contribution is 2.29. The van der Waals surface area contributed by atoms with Crippen molar-refractivity contribution in [3.63, 3.8) is 0 Å². The molecular formula is C23H19F3N6O2. The number of hydrogen-bond donors (Lipinski definition) is 1. The fourth-order valence-corrected chi connectivity index (χ4v) is 3.30. The maximum Gasteiger partial charge on any atom is 0.277 e. The van der Waals surface area contributed by atoms with Gasteiger partial charge in [-0.05, 0) is 42.5 Å². The summed E-state index contributed by atoms with van der Waals surface area (Å²) in [7, 11) is 1.32. The van der Waals surface area contributed by atoms with E-state index in [0.29, 0.717) is 11.3 Å². The van der Waals surface area contributed by atoms with E-state index in [1.165, 1.54) is 72.8 Å².